The van der Waals surface area contributed by atoms with Crippen LogP contribution in [0.25, 0.3) is 0 Å². The van der Waals surface area contributed by atoms with Crippen LogP contribution in [-0.2, 0) is 6.54 Å². The lowest BCUT2D eigenvalue weighted by atomic mass is 10.2. The minimum absolute atomic E-state index is 0.780. The first-order chi connectivity index (χ1) is 13.8. The molecule has 2 aliphatic rings. The van der Waals surface area contributed by atoms with Crippen LogP contribution in [-0.4, -0.2) is 62.2 Å². The fourth-order valence-electron chi connectivity index (χ4n) is 3.75. The van der Waals surface area contributed by atoms with E-state index in [4.69, 9.17) is 0 Å². The summed E-state index contributed by atoms with van der Waals surface area (Å²) in [5, 5.41) is 3.54. The normalized spacial score (nSPS) is 17.3. The van der Waals surface area contributed by atoms with Gasteiger partial charge in [0.15, 0.2) is 5.96 Å². The number of aromatic nitrogens is 1. The Hall–Kier alpha value is -3.02. The highest BCUT2D eigenvalue weighted by molar-refractivity contribution is 5.80. The summed E-state index contributed by atoms with van der Waals surface area (Å²) in [6, 6.07) is 14.8. The number of rotatable bonds is 4. The number of pyridine rings is 1. The van der Waals surface area contributed by atoms with Crippen LogP contribution in [0.5, 0.6) is 0 Å². The van der Waals surface area contributed by atoms with E-state index >= 15 is 0 Å². The van der Waals surface area contributed by atoms with E-state index in [-0.39, 0.29) is 0 Å². The first kappa shape index (κ1) is 18.3. The van der Waals surface area contributed by atoms with Gasteiger partial charge in [-0.2, -0.15) is 0 Å². The van der Waals surface area contributed by atoms with Crippen LogP contribution in [0.1, 0.15) is 5.56 Å². The first-order valence-electron chi connectivity index (χ1n) is 9.94. The molecule has 1 aromatic heterocycles. The second-order valence-corrected chi connectivity index (χ2v) is 7.11. The van der Waals surface area contributed by atoms with E-state index < -0.39 is 0 Å². The Balaban J connectivity index is 1.31. The smallest absolute Gasteiger partial charge is 0.194 e. The lowest BCUT2D eigenvalue weighted by Gasteiger charge is -2.37. The van der Waals surface area contributed by atoms with Crippen molar-refractivity contribution in [2.75, 3.05) is 56.1 Å². The maximum atomic E-state index is 4.50. The van der Waals surface area contributed by atoms with Crippen molar-refractivity contribution in [2.45, 2.75) is 6.54 Å². The lowest BCUT2D eigenvalue weighted by Crippen LogP contribution is -2.52. The van der Waals surface area contributed by atoms with Gasteiger partial charge in [-0.1, -0.05) is 30.4 Å². The topological polar surface area (TPSA) is 47.0 Å². The van der Waals surface area contributed by atoms with Crippen molar-refractivity contribution in [2.24, 2.45) is 4.99 Å². The third kappa shape index (κ3) is 4.27. The highest BCUT2D eigenvalue weighted by Gasteiger charge is 2.20. The summed E-state index contributed by atoms with van der Waals surface area (Å²) in [6.45, 7) is 6.57. The van der Waals surface area contributed by atoms with Crippen LogP contribution in [0.3, 0.4) is 0 Å². The summed E-state index contributed by atoms with van der Waals surface area (Å²) in [5.41, 5.74) is 2.56. The molecule has 0 spiro atoms. The minimum atomic E-state index is 0.780. The molecule has 6 heteroatoms. The van der Waals surface area contributed by atoms with Gasteiger partial charge in [0.1, 0.15) is 5.82 Å². The molecule has 2 aromatic rings. The van der Waals surface area contributed by atoms with Gasteiger partial charge in [0.2, 0.25) is 0 Å². The minimum Gasteiger partial charge on any atom is -0.364 e. The van der Waals surface area contributed by atoms with E-state index in [0.29, 0.717) is 0 Å². The average molecular weight is 377 g/mol. The van der Waals surface area contributed by atoms with Crippen molar-refractivity contribution < 1.29 is 0 Å². The molecule has 4 rings (SSSR count). The lowest BCUT2D eigenvalue weighted by molar-refractivity contribution is 0.371. The molecule has 0 amide bonds. The van der Waals surface area contributed by atoms with Gasteiger partial charge in [-0.3, -0.25) is 4.99 Å². The molecule has 146 valence electrons. The van der Waals surface area contributed by atoms with E-state index in [2.05, 4.69) is 72.5 Å². The van der Waals surface area contributed by atoms with Gasteiger partial charge in [0.05, 0.1) is 0 Å². The summed E-state index contributed by atoms with van der Waals surface area (Å²) < 4.78 is 0. The molecule has 0 bridgehead atoms. The first-order valence-corrected chi connectivity index (χ1v) is 9.94. The van der Waals surface area contributed by atoms with Crippen molar-refractivity contribution >= 4 is 17.5 Å². The Labute approximate surface area is 167 Å². The van der Waals surface area contributed by atoms with E-state index in [1.165, 1.54) is 11.3 Å². The predicted molar refractivity (Wildman–Crippen MR) is 116 cm³/mol. The molecule has 0 unspecified atom stereocenters. The SMILES string of the molecule is CN=C(NCc1cccc(N2CC=CC2)c1)N1CCN(c2ccccn2)CC1. The number of guanidine groups is 1. The second kappa shape index (κ2) is 8.78. The van der Waals surface area contributed by atoms with Crippen molar-refractivity contribution in [3.8, 4) is 0 Å². The molecule has 1 saturated heterocycles. The largest absolute Gasteiger partial charge is 0.364 e. The van der Waals surface area contributed by atoms with E-state index in [9.17, 15) is 0 Å². The number of aliphatic imine (C=N–C) groups is 1. The van der Waals surface area contributed by atoms with Crippen LogP contribution in [0.4, 0.5) is 11.5 Å². The Bertz CT molecular complexity index is 816. The Morgan fingerprint density at radius 1 is 1.00 bits per heavy atom. The van der Waals surface area contributed by atoms with Crippen molar-refractivity contribution in [1.82, 2.24) is 15.2 Å². The number of hydrogen-bond acceptors (Lipinski definition) is 4. The van der Waals surface area contributed by atoms with Gasteiger partial charge in [0, 0.05) is 64.7 Å². The molecule has 1 fully saturated rings. The number of nitrogens with zero attached hydrogens (tertiary/aromatic N) is 5. The van der Waals surface area contributed by atoms with Crippen molar-refractivity contribution in [3.05, 3.63) is 66.4 Å². The predicted octanol–water partition coefficient (Wildman–Crippen LogP) is 2.36. The molecule has 0 saturated carbocycles. The second-order valence-electron chi connectivity index (χ2n) is 7.11. The van der Waals surface area contributed by atoms with Crippen LogP contribution in [0.2, 0.25) is 0 Å². The summed E-state index contributed by atoms with van der Waals surface area (Å²) in [4.78, 5) is 16.0. The standard InChI is InChI=1S/C22H28N6/c1-23-22(28-15-13-27(14-16-28)21-9-2-3-10-24-21)25-18-19-7-6-8-20(17-19)26-11-4-5-12-26/h2-10,17H,11-16,18H2,1H3,(H,23,25). The number of hydrogen-bond donors (Lipinski definition) is 1. The zero-order valence-electron chi connectivity index (χ0n) is 16.5. The fourth-order valence-corrected chi connectivity index (χ4v) is 3.75. The van der Waals surface area contributed by atoms with E-state index in [0.717, 1.165) is 57.6 Å². The Morgan fingerprint density at radius 2 is 1.82 bits per heavy atom. The molecule has 2 aliphatic heterocycles. The third-order valence-corrected chi connectivity index (χ3v) is 5.31. The van der Waals surface area contributed by atoms with Gasteiger partial charge in [-0.05, 0) is 29.8 Å². The fraction of sp³-hybridized carbons (Fsp3) is 0.364. The number of nitrogens with one attached hydrogen (secondary N) is 1. The molecular formula is C22H28N6. The molecule has 6 nitrogen and oxygen atoms in total. The van der Waals surface area contributed by atoms with Gasteiger partial charge >= 0.3 is 0 Å². The average Bonchev–Trinajstić information content (AvgIpc) is 3.31. The maximum Gasteiger partial charge on any atom is 0.194 e. The van der Waals surface area contributed by atoms with Crippen molar-refractivity contribution in [1.29, 1.82) is 0 Å². The Kier molecular flexibility index (Phi) is 5.75. The van der Waals surface area contributed by atoms with Crippen LogP contribution in [0.15, 0.2) is 65.8 Å². The molecule has 0 aliphatic carbocycles. The van der Waals surface area contributed by atoms with E-state index in [1.807, 2.05) is 25.4 Å². The summed E-state index contributed by atoms with van der Waals surface area (Å²) in [7, 11) is 1.86. The van der Waals surface area contributed by atoms with Gasteiger partial charge in [0.25, 0.3) is 0 Å². The van der Waals surface area contributed by atoms with Crippen molar-refractivity contribution in [3.63, 3.8) is 0 Å². The summed E-state index contributed by atoms with van der Waals surface area (Å²) in [6.07, 6.45) is 6.29. The monoisotopic (exact) mass is 376 g/mol. The molecular weight excluding hydrogens is 348 g/mol. The molecule has 3 heterocycles. The molecule has 0 radical (unpaired) electrons. The molecule has 28 heavy (non-hydrogen) atoms. The zero-order valence-corrected chi connectivity index (χ0v) is 16.5. The van der Waals surface area contributed by atoms with E-state index in [1.54, 1.807) is 0 Å². The molecule has 0 atom stereocenters. The number of anilines is 2. The number of benzene rings is 1. The van der Waals surface area contributed by atoms with Crippen LogP contribution in [0, 0.1) is 0 Å². The quantitative estimate of drug-likeness (QED) is 0.504. The summed E-state index contributed by atoms with van der Waals surface area (Å²) >= 11 is 0. The highest BCUT2D eigenvalue weighted by Crippen LogP contribution is 2.18. The van der Waals surface area contributed by atoms with Crippen LogP contribution < -0.4 is 15.1 Å². The van der Waals surface area contributed by atoms with Gasteiger partial charge < -0.3 is 20.0 Å². The zero-order chi connectivity index (χ0) is 19.2. The maximum absolute atomic E-state index is 4.50. The van der Waals surface area contributed by atoms with Gasteiger partial charge in [-0.15, -0.1) is 0 Å². The Morgan fingerprint density at radius 3 is 2.54 bits per heavy atom. The number of piperazine rings is 1. The highest BCUT2D eigenvalue weighted by atomic mass is 15.4. The summed E-state index contributed by atoms with van der Waals surface area (Å²) in [5.74, 6) is 2.02. The third-order valence-electron chi connectivity index (χ3n) is 5.31. The van der Waals surface area contributed by atoms with Crippen LogP contribution >= 0.6 is 0 Å². The van der Waals surface area contributed by atoms with Gasteiger partial charge in [-0.25, -0.2) is 4.98 Å². The molecule has 1 aromatic carbocycles. The molecule has 1 N–H and O–H groups in total.